The summed E-state index contributed by atoms with van der Waals surface area (Å²) < 4.78 is 10.8. The van der Waals surface area contributed by atoms with Crippen LogP contribution in [-0.2, 0) is 16.0 Å². The highest BCUT2D eigenvalue weighted by Gasteiger charge is 2.30. The Morgan fingerprint density at radius 1 is 1.04 bits per heavy atom. The van der Waals surface area contributed by atoms with Crippen molar-refractivity contribution in [1.29, 1.82) is 0 Å². The molecule has 0 N–H and O–H groups in total. The number of rotatable bonds is 7. The van der Waals surface area contributed by atoms with E-state index in [1.165, 1.54) is 44.8 Å². The molecule has 0 heterocycles. The number of ether oxygens (including phenoxy) is 2. The standard InChI is InChI=1S/C22H26O3.C3H6/c1-16(22(23)24-2)11-17-7-6-10-21(14-17)25-15-18-12-20(13-18)19-8-4-3-5-9-19;1-2-3-1/h3-10,14,16,18,20H,11-13,15H2,1-2H3;1-3H2. The Hall–Kier alpha value is -2.29. The summed E-state index contributed by atoms with van der Waals surface area (Å²) in [5.74, 6) is 1.88. The van der Waals surface area contributed by atoms with Crippen LogP contribution in [0.15, 0.2) is 54.6 Å². The molecule has 4 rings (SSSR count). The van der Waals surface area contributed by atoms with Gasteiger partial charge in [0.1, 0.15) is 5.75 Å². The fourth-order valence-electron chi connectivity index (χ4n) is 3.48. The van der Waals surface area contributed by atoms with Gasteiger partial charge in [-0.05, 0) is 54.4 Å². The zero-order chi connectivity index (χ0) is 19.8. The van der Waals surface area contributed by atoms with Gasteiger partial charge in [0.25, 0.3) is 0 Å². The van der Waals surface area contributed by atoms with Crippen LogP contribution in [0.25, 0.3) is 0 Å². The Bertz CT molecular complexity index is 730. The third-order valence-electron chi connectivity index (χ3n) is 5.39. The zero-order valence-electron chi connectivity index (χ0n) is 17.1. The Morgan fingerprint density at radius 2 is 1.75 bits per heavy atom. The van der Waals surface area contributed by atoms with Gasteiger partial charge in [-0.1, -0.05) is 68.7 Å². The van der Waals surface area contributed by atoms with Crippen molar-refractivity contribution in [1.82, 2.24) is 0 Å². The smallest absolute Gasteiger partial charge is 0.308 e. The predicted molar refractivity (Wildman–Crippen MR) is 113 cm³/mol. The zero-order valence-corrected chi connectivity index (χ0v) is 17.1. The largest absolute Gasteiger partial charge is 0.493 e. The third kappa shape index (κ3) is 6.40. The van der Waals surface area contributed by atoms with Crippen molar-refractivity contribution in [3.8, 4) is 5.75 Å². The number of hydrogen-bond acceptors (Lipinski definition) is 3. The van der Waals surface area contributed by atoms with Crippen LogP contribution in [0.4, 0.5) is 0 Å². The minimum Gasteiger partial charge on any atom is -0.493 e. The summed E-state index contributed by atoms with van der Waals surface area (Å²) in [7, 11) is 1.43. The minimum absolute atomic E-state index is 0.140. The fourth-order valence-corrected chi connectivity index (χ4v) is 3.48. The lowest BCUT2D eigenvalue weighted by Crippen LogP contribution is -2.27. The van der Waals surface area contributed by atoms with Gasteiger partial charge >= 0.3 is 5.97 Å². The van der Waals surface area contributed by atoms with Gasteiger partial charge in [-0.3, -0.25) is 4.79 Å². The first kappa shape index (κ1) is 20.4. The third-order valence-corrected chi connectivity index (χ3v) is 5.39. The average Bonchev–Trinajstić information content (AvgIpc) is 3.56. The molecule has 2 aromatic rings. The number of methoxy groups -OCH3 is 1. The molecule has 2 aliphatic carbocycles. The quantitative estimate of drug-likeness (QED) is 0.571. The highest BCUT2D eigenvalue weighted by molar-refractivity contribution is 5.72. The van der Waals surface area contributed by atoms with Crippen molar-refractivity contribution in [2.45, 2.75) is 51.4 Å². The van der Waals surface area contributed by atoms with Gasteiger partial charge in [-0.15, -0.1) is 0 Å². The lowest BCUT2D eigenvalue weighted by Gasteiger charge is -2.35. The topological polar surface area (TPSA) is 35.5 Å². The molecular formula is C25H32O3. The highest BCUT2D eigenvalue weighted by Crippen LogP contribution is 2.41. The fraction of sp³-hybridized carbons (Fsp3) is 0.480. The van der Waals surface area contributed by atoms with Crippen molar-refractivity contribution in [3.63, 3.8) is 0 Å². The first-order valence-corrected chi connectivity index (χ1v) is 10.5. The van der Waals surface area contributed by atoms with E-state index < -0.39 is 0 Å². The molecule has 0 aliphatic heterocycles. The molecule has 0 saturated heterocycles. The number of benzene rings is 2. The van der Waals surface area contributed by atoms with E-state index in [2.05, 4.69) is 30.3 Å². The maximum absolute atomic E-state index is 11.6. The summed E-state index contributed by atoms with van der Waals surface area (Å²) in [6, 6.07) is 18.8. The number of carbonyl (C=O) groups excluding carboxylic acids is 1. The van der Waals surface area contributed by atoms with Crippen LogP contribution in [-0.4, -0.2) is 19.7 Å². The van der Waals surface area contributed by atoms with Gasteiger partial charge in [-0.25, -0.2) is 0 Å². The maximum Gasteiger partial charge on any atom is 0.308 e. The van der Waals surface area contributed by atoms with E-state index in [1.807, 2.05) is 31.2 Å². The van der Waals surface area contributed by atoms with E-state index in [4.69, 9.17) is 9.47 Å². The summed E-state index contributed by atoms with van der Waals surface area (Å²) in [6.07, 6.45) is 7.57. The lowest BCUT2D eigenvalue weighted by molar-refractivity contribution is -0.144. The van der Waals surface area contributed by atoms with Crippen molar-refractivity contribution < 1.29 is 14.3 Å². The molecule has 0 aromatic heterocycles. The number of hydrogen-bond donors (Lipinski definition) is 0. The maximum atomic E-state index is 11.6. The Labute approximate surface area is 169 Å². The normalized spacial score (nSPS) is 20.8. The molecule has 150 valence electrons. The molecule has 1 unspecified atom stereocenters. The van der Waals surface area contributed by atoms with E-state index >= 15 is 0 Å². The Balaban J connectivity index is 0.000000684. The van der Waals surface area contributed by atoms with Gasteiger partial charge in [0.15, 0.2) is 0 Å². The highest BCUT2D eigenvalue weighted by atomic mass is 16.5. The molecule has 0 spiro atoms. The molecule has 0 bridgehead atoms. The summed E-state index contributed by atoms with van der Waals surface area (Å²) in [6.45, 7) is 2.65. The number of carbonyl (C=O) groups is 1. The van der Waals surface area contributed by atoms with Crippen LogP contribution >= 0.6 is 0 Å². The first-order chi connectivity index (χ1) is 13.7. The minimum atomic E-state index is -0.173. The van der Waals surface area contributed by atoms with Gasteiger partial charge < -0.3 is 9.47 Å². The van der Waals surface area contributed by atoms with Crippen LogP contribution in [0.3, 0.4) is 0 Å². The Morgan fingerprint density at radius 3 is 2.39 bits per heavy atom. The van der Waals surface area contributed by atoms with Crippen LogP contribution in [0, 0.1) is 11.8 Å². The summed E-state index contributed by atoms with van der Waals surface area (Å²) in [5, 5.41) is 0. The summed E-state index contributed by atoms with van der Waals surface area (Å²) >= 11 is 0. The van der Waals surface area contributed by atoms with Crippen molar-refractivity contribution in [2.75, 3.05) is 13.7 Å². The van der Waals surface area contributed by atoms with E-state index in [0.29, 0.717) is 18.3 Å². The van der Waals surface area contributed by atoms with Gasteiger partial charge in [0.2, 0.25) is 0 Å². The molecule has 2 saturated carbocycles. The van der Waals surface area contributed by atoms with Crippen molar-refractivity contribution in [2.24, 2.45) is 11.8 Å². The predicted octanol–water partition coefficient (Wildman–Crippen LogP) is 5.78. The molecule has 1 atom stereocenters. The van der Waals surface area contributed by atoms with E-state index in [0.717, 1.165) is 17.9 Å². The van der Waals surface area contributed by atoms with Gasteiger partial charge in [0, 0.05) is 0 Å². The van der Waals surface area contributed by atoms with E-state index in [-0.39, 0.29) is 11.9 Å². The SMILES string of the molecule is C1CC1.COC(=O)C(C)Cc1cccc(OCC2CC(c3ccccc3)C2)c1. The van der Waals surface area contributed by atoms with Crippen molar-refractivity contribution >= 4 is 5.97 Å². The monoisotopic (exact) mass is 380 g/mol. The van der Waals surface area contributed by atoms with Crippen LogP contribution in [0.5, 0.6) is 5.75 Å². The molecule has 0 amide bonds. The molecule has 3 nitrogen and oxygen atoms in total. The molecule has 2 aliphatic rings. The van der Waals surface area contributed by atoms with Gasteiger partial charge in [-0.2, -0.15) is 0 Å². The molecule has 28 heavy (non-hydrogen) atoms. The molecule has 2 fully saturated rings. The summed E-state index contributed by atoms with van der Waals surface area (Å²) in [4.78, 5) is 11.6. The van der Waals surface area contributed by atoms with Crippen LogP contribution < -0.4 is 4.74 Å². The Kier molecular flexibility index (Phi) is 7.53. The second-order valence-corrected chi connectivity index (χ2v) is 8.09. The molecular weight excluding hydrogens is 348 g/mol. The first-order valence-electron chi connectivity index (χ1n) is 10.5. The molecule has 0 radical (unpaired) electrons. The van der Waals surface area contributed by atoms with Gasteiger partial charge in [0.05, 0.1) is 19.6 Å². The van der Waals surface area contributed by atoms with E-state index in [9.17, 15) is 4.79 Å². The average molecular weight is 381 g/mol. The summed E-state index contributed by atoms with van der Waals surface area (Å²) in [5.41, 5.74) is 2.55. The van der Waals surface area contributed by atoms with Crippen LogP contribution in [0.2, 0.25) is 0 Å². The van der Waals surface area contributed by atoms with E-state index in [1.54, 1.807) is 0 Å². The second-order valence-electron chi connectivity index (χ2n) is 8.09. The second kappa shape index (κ2) is 10.3. The van der Waals surface area contributed by atoms with Crippen LogP contribution in [0.1, 0.15) is 56.1 Å². The molecule has 2 aromatic carbocycles. The number of esters is 1. The molecule has 3 heteroatoms. The van der Waals surface area contributed by atoms with Crippen molar-refractivity contribution in [3.05, 3.63) is 65.7 Å². The lowest BCUT2D eigenvalue weighted by atomic mass is 9.72.